The van der Waals surface area contributed by atoms with E-state index in [1.54, 1.807) is 32.9 Å². The molecular weight excluding hydrogens is 230 g/mol. The Bertz CT molecular complexity index is 416. The molecule has 0 spiro atoms. The Hall–Kier alpha value is -1.84. The van der Waals surface area contributed by atoms with E-state index in [4.69, 9.17) is 4.74 Å². The van der Waals surface area contributed by atoms with E-state index in [0.29, 0.717) is 12.1 Å². The summed E-state index contributed by atoms with van der Waals surface area (Å²) in [5.74, 6) is -0.824. The lowest BCUT2D eigenvalue weighted by atomic mass is 9.86. The van der Waals surface area contributed by atoms with Crippen LogP contribution in [0, 0.1) is 5.41 Å². The average molecular weight is 249 g/mol. The lowest BCUT2D eigenvalue weighted by molar-refractivity contribution is -0.158. The third-order valence-electron chi connectivity index (χ3n) is 2.97. The van der Waals surface area contributed by atoms with Crippen LogP contribution in [0.3, 0.4) is 0 Å². The molecule has 4 nitrogen and oxygen atoms in total. The number of amides is 1. The first kappa shape index (κ1) is 14.2. The van der Waals surface area contributed by atoms with Crippen molar-refractivity contribution < 1.29 is 14.3 Å². The van der Waals surface area contributed by atoms with Gasteiger partial charge in [0, 0.05) is 5.69 Å². The fourth-order valence-corrected chi connectivity index (χ4v) is 1.48. The summed E-state index contributed by atoms with van der Waals surface area (Å²) in [7, 11) is 0. The number of hydrogen-bond acceptors (Lipinski definition) is 3. The van der Waals surface area contributed by atoms with Gasteiger partial charge in [-0.1, -0.05) is 25.1 Å². The number of carbonyl (C=O) groups is 2. The van der Waals surface area contributed by atoms with Crippen molar-refractivity contribution in [1.82, 2.24) is 0 Å². The maximum atomic E-state index is 12.2. The molecule has 1 N–H and O–H groups in total. The van der Waals surface area contributed by atoms with Crippen molar-refractivity contribution in [3.63, 3.8) is 0 Å². The Kier molecular flexibility index (Phi) is 4.89. The van der Waals surface area contributed by atoms with Crippen LogP contribution in [0.5, 0.6) is 0 Å². The molecule has 1 aromatic carbocycles. The van der Waals surface area contributed by atoms with Crippen LogP contribution in [0.2, 0.25) is 0 Å². The molecule has 0 saturated carbocycles. The number of ether oxygens (including phenoxy) is 1. The molecule has 1 rings (SSSR count). The summed E-state index contributed by atoms with van der Waals surface area (Å²) in [6.07, 6.45) is 0.393. The molecule has 4 heteroatoms. The average Bonchev–Trinajstić information content (AvgIpc) is 2.39. The van der Waals surface area contributed by atoms with Gasteiger partial charge in [-0.05, 0) is 32.4 Å². The summed E-state index contributed by atoms with van der Waals surface area (Å²) in [4.78, 5) is 24.0. The summed E-state index contributed by atoms with van der Waals surface area (Å²) >= 11 is 0. The van der Waals surface area contributed by atoms with Gasteiger partial charge in [0.15, 0.2) is 0 Å². The monoisotopic (exact) mass is 249 g/mol. The zero-order chi connectivity index (χ0) is 13.6. The minimum Gasteiger partial charge on any atom is -0.465 e. The van der Waals surface area contributed by atoms with E-state index in [9.17, 15) is 9.59 Å². The van der Waals surface area contributed by atoms with Gasteiger partial charge in [-0.25, -0.2) is 0 Å². The summed E-state index contributed by atoms with van der Waals surface area (Å²) in [5, 5.41) is 2.73. The van der Waals surface area contributed by atoms with Gasteiger partial charge in [-0.2, -0.15) is 0 Å². The molecule has 0 aliphatic carbocycles. The number of anilines is 1. The van der Waals surface area contributed by atoms with Crippen LogP contribution in [0.4, 0.5) is 5.69 Å². The quantitative estimate of drug-likeness (QED) is 0.644. The second kappa shape index (κ2) is 6.19. The molecule has 0 bridgehead atoms. The maximum Gasteiger partial charge on any atom is 0.321 e. The molecule has 1 amide bonds. The highest BCUT2D eigenvalue weighted by Gasteiger charge is 2.40. The Morgan fingerprint density at radius 3 is 2.33 bits per heavy atom. The van der Waals surface area contributed by atoms with Crippen LogP contribution >= 0.6 is 0 Å². The second-order valence-electron chi connectivity index (χ2n) is 4.23. The van der Waals surface area contributed by atoms with Crippen LogP contribution in [0.1, 0.15) is 27.2 Å². The van der Waals surface area contributed by atoms with Gasteiger partial charge in [0.2, 0.25) is 5.91 Å². The molecule has 0 saturated heterocycles. The first-order valence-electron chi connectivity index (χ1n) is 6.08. The highest BCUT2D eigenvalue weighted by atomic mass is 16.5. The molecule has 1 unspecified atom stereocenters. The predicted octanol–water partition coefficient (Wildman–Crippen LogP) is 2.60. The van der Waals surface area contributed by atoms with Crippen LogP contribution in [-0.2, 0) is 14.3 Å². The summed E-state index contributed by atoms with van der Waals surface area (Å²) < 4.78 is 4.96. The molecule has 0 heterocycles. The summed E-state index contributed by atoms with van der Waals surface area (Å²) in [6.45, 7) is 5.39. The van der Waals surface area contributed by atoms with Gasteiger partial charge < -0.3 is 10.1 Å². The molecule has 1 aromatic rings. The Labute approximate surface area is 107 Å². The highest BCUT2D eigenvalue weighted by Crippen LogP contribution is 2.25. The van der Waals surface area contributed by atoms with Crippen molar-refractivity contribution in [1.29, 1.82) is 0 Å². The standard InChI is InChI=1S/C14H19NO3/c1-4-14(3,13(17)18-5-2)12(16)15-11-9-7-6-8-10-11/h6-10H,4-5H2,1-3H3,(H,15,16). The molecule has 0 aromatic heterocycles. The number of nitrogens with one attached hydrogen (secondary N) is 1. The van der Waals surface area contributed by atoms with Crippen molar-refractivity contribution in [2.24, 2.45) is 5.41 Å². The first-order chi connectivity index (χ1) is 8.54. The molecule has 1 atom stereocenters. The SMILES string of the molecule is CCOC(=O)C(C)(CC)C(=O)Nc1ccccc1. The van der Waals surface area contributed by atoms with Gasteiger partial charge in [-0.3, -0.25) is 9.59 Å². The molecule has 0 radical (unpaired) electrons. The van der Waals surface area contributed by atoms with Gasteiger partial charge >= 0.3 is 5.97 Å². The van der Waals surface area contributed by atoms with Crippen molar-refractivity contribution in [2.45, 2.75) is 27.2 Å². The minimum absolute atomic E-state index is 0.271. The van der Waals surface area contributed by atoms with E-state index in [-0.39, 0.29) is 12.5 Å². The molecule has 98 valence electrons. The molecule has 18 heavy (non-hydrogen) atoms. The van der Waals surface area contributed by atoms with E-state index < -0.39 is 11.4 Å². The zero-order valence-electron chi connectivity index (χ0n) is 11.0. The smallest absolute Gasteiger partial charge is 0.321 e. The van der Waals surface area contributed by atoms with Crippen molar-refractivity contribution in [2.75, 3.05) is 11.9 Å². The number of para-hydroxylation sites is 1. The third kappa shape index (κ3) is 3.09. The molecule has 0 aliphatic rings. The number of hydrogen-bond donors (Lipinski definition) is 1. The zero-order valence-corrected chi connectivity index (χ0v) is 11.0. The largest absolute Gasteiger partial charge is 0.465 e. The van der Waals surface area contributed by atoms with Gasteiger partial charge in [0.05, 0.1) is 6.61 Å². The lowest BCUT2D eigenvalue weighted by Crippen LogP contribution is -2.41. The highest BCUT2D eigenvalue weighted by molar-refractivity contribution is 6.08. The predicted molar refractivity (Wildman–Crippen MR) is 70.1 cm³/mol. The van der Waals surface area contributed by atoms with Crippen LogP contribution < -0.4 is 5.32 Å². The first-order valence-corrected chi connectivity index (χ1v) is 6.08. The number of benzene rings is 1. The summed E-state index contributed by atoms with van der Waals surface area (Å²) in [6, 6.07) is 9.06. The van der Waals surface area contributed by atoms with Gasteiger partial charge in [-0.15, -0.1) is 0 Å². The molecular formula is C14H19NO3. The Balaban J connectivity index is 2.82. The topological polar surface area (TPSA) is 55.4 Å². The van der Waals surface area contributed by atoms with Gasteiger partial charge in [0.25, 0.3) is 0 Å². The minimum atomic E-state index is -1.15. The third-order valence-corrected chi connectivity index (χ3v) is 2.97. The van der Waals surface area contributed by atoms with E-state index in [1.807, 2.05) is 18.2 Å². The molecule has 0 aliphatic heterocycles. The Morgan fingerprint density at radius 2 is 1.83 bits per heavy atom. The van der Waals surface area contributed by atoms with Crippen LogP contribution in [0.15, 0.2) is 30.3 Å². The Morgan fingerprint density at radius 1 is 1.22 bits per heavy atom. The van der Waals surface area contributed by atoms with Crippen molar-refractivity contribution in [3.8, 4) is 0 Å². The van der Waals surface area contributed by atoms with E-state index in [0.717, 1.165) is 0 Å². The van der Waals surface area contributed by atoms with Crippen LogP contribution in [0.25, 0.3) is 0 Å². The normalized spacial score (nSPS) is 13.5. The van der Waals surface area contributed by atoms with Crippen molar-refractivity contribution >= 4 is 17.6 Å². The van der Waals surface area contributed by atoms with E-state index >= 15 is 0 Å². The number of esters is 1. The fourth-order valence-electron chi connectivity index (χ4n) is 1.48. The van der Waals surface area contributed by atoms with E-state index in [2.05, 4.69) is 5.32 Å². The van der Waals surface area contributed by atoms with Crippen molar-refractivity contribution in [3.05, 3.63) is 30.3 Å². The lowest BCUT2D eigenvalue weighted by Gasteiger charge is -2.24. The number of carbonyl (C=O) groups excluding carboxylic acids is 2. The fraction of sp³-hybridized carbons (Fsp3) is 0.429. The van der Waals surface area contributed by atoms with Gasteiger partial charge in [0.1, 0.15) is 5.41 Å². The number of rotatable bonds is 5. The van der Waals surface area contributed by atoms with Crippen LogP contribution in [-0.4, -0.2) is 18.5 Å². The van der Waals surface area contributed by atoms with E-state index in [1.165, 1.54) is 0 Å². The summed E-state index contributed by atoms with van der Waals surface area (Å²) in [5.41, 5.74) is -0.474. The molecule has 0 fully saturated rings. The maximum absolute atomic E-state index is 12.2. The second-order valence-corrected chi connectivity index (χ2v) is 4.23.